The maximum absolute atomic E-state index is 13.6. The van der Waals surface area contributed by atoms with Crippen LogP contribution < -0.4 is 10.0 Å². The highest BCUT2D eigenvalue weighted by atomic mass is 35.5. The van der Waals surface area contributed by atoms with Gasteiger partial charge in [0.1, 0.15) is 5.82 Å². The smallest absolute Gasteiger partial charge is 0.262 e. The SMILES string of the molecule is Cc1ccc(F)cc1S(=O)(=O)Nc1ccc(C2=CCNCC2)c2ccccc12.Cl. The van der Waals surface area contributed by atoms with Gasteiger partial charge in [0.25, 0.3) is 10.0 Å². The predicted molar refractivity (Wildman–Crippen MR) is 119 cm³/mol. The molecule has 0 aliphatic carbocycles. The molecule has 0 radical (unpaired) electrons. The summed E-state index contributed by atoms with van der Waals surface area (Å²) < 4.78 is 42.1. The Balaban J connectivity index is 0.00000240. The zero-order chi connectivity index (χ0) is 19.7. The van der Waals surface area contributed by atoms with Gasteiger partial charge in [-0.25, -0.2) is 12.8 Å². The van der Waals surface area contributed by atoms with Crippen molar-refractivity contribution in [2.75, 3.05) is 17.8 Å². The van der Waals surface area contributed by atoms with Gasteiger partial charge in [-0.05, 0) is 60.2 Å². The lowest BCUT2D eigenvalue weighted by molar-refractivity contribution is 0.594. The number of aryl methyl sites for hydroxylation is 1. The highest BCUT2D eigenvalue weighted by Gasteiger charge is 2.20. The van der Waals surface area contributed by atoms with Crippen LogP contribution in [0.25, 0.3) is 16.3 Å². The molecular weight excluding hydrogens is 411 g/mol. The molecule has 0 saturated carbocycles. The molecule has 2 N–H and O–H groups in total. The molecule has 3 aromatic rings. The second kappa shape index (κ2) is 8.53. The molecule has 3 aromatic carbocycles. The van der Waals surface area contributed by atoms with E-state index in [1.807, 2.05) is 30.3 Å². The molecule has 0 bridgehead atoms. The third-order valence-electron chi connectivity index (χ3n) is 5.02. The van der Waals surface area contributed by atoms with Crippen molar-refractivity contribution in [3.8, 4) is 0 Å². The molecule has 4 nitrogen and oxygen atoms in total. The summed E-state index contributed by atoms with van der Waals surface area (Å²) in [5, 5.41) is 5.11. The summed E-state index contributed by atoms with van der Waals surface area (Å²) in [6, 6.07) is 15.2. The third-order valence-corrected chi connectivity index (χ3v) is 6.53. The van der Waals surface area contributed by atoms with Crippen LogP contribution >= 0.6 is 12.4 Å². The van der Waals surface area contributed by atoms with Gasteiger partial charge in [-0.1, -0.05) is 42.5 Å². The van der Waals surface area contributed by atoms with Crippen molar-refractivity contribution in [2.45, 2.75) is 18.2 Å². The predicted octanol–water partition coefficient (Wildman–Crippen LogP) is 4.89. The van der Waals surface area contributed by atoms with E-state index in [9.17, 15) is 12.8 Å². The monoisotopic (exact) mass is 432 g/mol. The number of sulfonamides is 1. The van der Waals surface area contributed by atoms with E-state index in [2.05, 4.69) is 16.1 Å². The van der Waals surface area contributed by atoms with Gasteiger partial charge < -0.3 is 5.32 Å². The van der Waals surface area contributed by atoms with Gasteiger partial charge in [-0.3, -0.25) is 4.72 Å². The second-order valence-corrected chi connectivity index (χ2v) is 8.56. The summed E-state index contributed by atoms with van der Waals surface area (Å²) in [7, 11) is -3.91. The quantitative estimate of drug-likeness (QED) is 0.617. The van der Waals surface area contributed by atoms with E-state index in [1.54, 1.807) is 13.0 Å². The van der Waals surface area contributed by atoms with Crippen molar-refractivity contribution < 1.29 is 12.8 Å². The van der Waals surface area contributed by atoms with Crippen LogP contribution in [0.5, 0.6) is 0 Å². The number of nitrogens with one attached hydrogen (secondary N) is 2. The van der Waals surface area contributed by atoms with Gasteiger partial charge >= 0.3 is 0 Å². The fourth-order valence-electron chi connectivity index (χ4n) is 3.60. The molecule has 1 aliphatic heterocycles. The van der Waals surface area contributed by atoms with E-state index in [4.69, 9.17) is 0 Å². The maximum Gasteiger partial charge on any atom is 0.262 e. The largest absolute Gasteiger partial charge is 0.313 e. The summed E-state index contributed by atoms with van der Waals surface area (Å²) in [4.78, 5) is -0.0540. The van der Waals surface area contributed by atoms with Crippen LogP contribution in [0.2, 0.25) is 0 Å². The molecule has 1 heterocycles. The molecule has 4 rings (SSSR count). The van der Waals surface area contributed by atoms with Crippen LogP contribution in [0.3, 0.4) is 0 Å². The van der Waals surface area contributed by atoms with E-state index in [0.717, 1.165) is 41.9 Å². The van der Waals surface area contributed by atoms with Gasteiger partial charge in [-0.15, -0.1) is 12.4 Å². The minimum atomic E-state index is -3.91. The number of fused-ring (bicyclic) bond motifs is 1. The lowest BCUT2D eigenvalue weighted by Gasteiger charge is -2.18. The zero-order valence-corrected chi connectivity index (χ0v) is 17.5. The first-order chi connectivity index (χ1) is 13.5. The zero-order valence-electron chi connectivity index (χ0n) is 15.9. The second-order valence-electron chi connectivity index (χ2n) is 6.91. The Kier molecular flexibility index (Phi) is 6.27. The summed E-state index contributed by atoms with van der Waals surface area (Å²) in [5.41, 5.74) is 3.35. The van der Waals surface area contributed by atoms with E-state index in [1.165, 1.54) is 17.7 Å². The number of hydrogen-bond acceptors (Lipinski definition) is 3. The van der Waals surface area contributed by atoms with Crippen LogP contribution in [0.15, 0.2) is 65.6 Å². The fourth-order valence-corrected chi connectivity index (χ4v) is 4.94. The maximum atomic E-state index is 13.6. The number of anilines is 1. The number of hydrogen-bond donors (Lipinski definition) is 2. The summed E-state index contributed by atoms with van der Waals surface area (Å²) in [5.74, 6) is -0.580. The minimum Gasteiger partial charge on any atom is -0.313 e. The molecule has 29 heavy (non-hydrogen) atoms. The molecule has 0 unspecified atom stereocenters. The average molecular weight is 433 g/mol. The van der Waals surface area contributed by atoms with Crippen molar-refractivity contribution >= 4 is 44.5 Å². The van der Waals surface area contributed by atoms with E-state index < -0.39 is 15.8 Å². The third kappa shape index (κ3) is 4.29. The van der Waals surface area contributed by atoms with Crippen LogP contribution in [0.1, 0.15) is 17.5 Å². The van der Waals surface area contributed by atoms with Crippen molar-refractivity contribution in [1.82, 2.24) is 5.32 Å². The Morgan fingerprint density at radius 1 is 1.03 bits per heavy atom. The molecule has 0 atom stereocenters. The minimum absolute atomic E-state index is 0. The Bertz CT molecular complexity index is 1190. The average Bonchev–Trinajstić information content (AvgIpc) is 2.70. The molecule has 0 amide bonds. The molecule has 0 fully saturated rings. The number of rotatable bonds is 4. The van der Waals surface area contributed by atoms with Crippen molar-refractivity contribution in [1.29, 1.82) is 0 Å². The van der Waals surface area contributed by atoms with Crippen LogP contribution in [-0.4, -0.2) is 21.5 Å². The van der Waals surface area contributed by atoms with Crippen molar-refractivity contribution in [3.05, 3.63) is 77.6 Å². The normalized spacial score (nSPS) is 14.2. The van der Waals surface area contributed by atoms with E-state index >= 15 is 0 Å². The summed E-state index contributed by atoms with van der Waals surface area (Å²) >= 11 is 0. The van der Waals surface area contributed by atoms with Gasteiger partial charge in [0.15, 0.2) is 0 Å². The van der Waals surface area contributed by atoms with Crippen LogP contribution in [0.4, 0.5) is 10.1 Å². The van der Waals surface area contributed by atoms with E-state index in [-0.39, 0.29) is 17.3 Å². The summed E-state index contributed by atoms with van der Waals surface area (Å²) in [6.07, 6.45) is 3.10. The lowest BCUT2D eigenvalue weighted by Crippen LogP contribution is -2.20. The fraction of sp³-hybridized carbons (Fsp3) is 0.182. The van der Waals surface area contributed by atoms with Gasteiger partial charge in [0.2, 0.25) is 0 Å². The van der Waals surface area contributed by atoms with Gasteiger partial charge in [-0.2, -0.15) is 0 Å². The molecular formula is C22H22ClFN2O2S. The van der Waals surface area contributed by atoms with Crippen molar-refractivity contribution in [2.24, 2.45) is 0 Å². The molecule has 0 spiro atoms. The molecule has 1 aliphatic rings. The Hall–Kier alpha value is -2.41. The first-order valence-electron chi connectivity index (χ1n) is 9.16. The Labute approximate surface area is 176 Å². The molecule has 0 saturated heterocycles. The molecule has 7 heteroatoms. The lowest BCUT2D eigenvalue weighted by atomic mass is 9.94. The first kappa shape index (κ1) is 21.3. The number of benzene rings is 3. The highest BCUT2D eigenvalue weighted by molar-refractivity contribution is 7.92. The van der Waals surface area contributed by atoms with Crippen LogP contribution in [-0.2, 0) is 10.0 Å². The molecule has 0 aromatic heterocycles. The summed E-state index contributed by atoms with van der Waals surface area (Å²) in [6.45, 7) is 3.41. The van der Waals surface area contributed by atoms with Crippen molar-refractivity contribution in [3.63, 3.8) is 0 Å². The Morgan fingerprint density at radius 3 is 2.52 bits per heavy atom. The van der Waals surface area contributed by atoms with Gasteiger partial charge in [0.05, 0.1) is 10.6 Å². The standard InChI is InChI=1S/C22H21FN2O2S.ClH/c1-15-6-7-17(23)14-22(15)28(26,27)25-21-9-8-18(16-10-12-24-13-11-16)19-4-2-3-5-20(19)21;/h2-10,14,24-25H,11-13H2,1H3;1H. The first-order valence-corrected chi connectivity index (χ1v) is 10.6. The Morgan fingerprint density at radius 2 is 1.79 bits per heavy atom. The van der Waals surface area contributed by atoms with E-state index in [0.29, 0.717) is 11.3 Å². The number of halogens is 2. The highest BCUT2D eigenvalue weighted by Crippen LogP contribution is 2.33. The molecule has 152 valence electrons. The van der Waals surface area contributed by atoms with Crippen LogP contribution in [0, 0.1) is 12.7 Å². The topological polar surface area (TPSA) is 58.2 Å². The van der Waals surface area contributed by atoms with Gasteiger partial charge in [0, 0.05) is 11.9 Å².